The lowest BCUT2D eigenvalue weighted by Crippen LogP contribution is -2.28. The molecule has 2 aromatic rings. The Bertz CT molecular complexity index is 663. The van der Waals surface area contributed by atoms with Crippen LogP contribution in [0.3, 0.4) is 0 Å². The van der Waals surface area contributed by atoms with Gasteiger partial charge in [-0.25, -0.2) is 0 Å². The Balaban J connectivity index is 1.77. The van der Waals surface area contributed by atoms with Gasteiger partial charge in [0.15, 0.2) is 8.68 Å². The first-order valence-corrected chi connectivity index (χ1v) is 9.55. The highest BCUT2D eigenvalue weighted by Crippen LogP contribution is 2.28. The Hall–Kier alpha value is -1.58. The number of primary amides is 1. The lowest BCUT2D eigenvalue weighted by molar-refractivity contribution is -0.119. The maximum atomic E-state index is 12.0. The van der Waals surface area contributed by atoms with Crippen LogP contribution in [0.15, 0.2) is 39.0 Å². The molecule has 1 atom stereocenters. The van der Waals surface area contributed by atoms with Crippen LogP contribution < -0.4 is 11.1 Å². The third-order valence-electron chi connectivity index (χ3n) is 2.73. The highest BCUT2D eigenvalue weighted by molar-refractivity contribution is 8.03. The van der Waals surface area contributed by atoms with E-state index in [-0.39, 0.29) is 23.5 Å². The number of nitrogens with two attached hydrogens (primary N) is 1. The van der Waals surface area contributed by atoms with Gasteiger partial charge in [0.2, 0.25) is 11.8 Å². The molecule has 6 nitrogen and oxygen atoms in total. The van der Waals surface area contributed by atoms with Crippen molar-refractivity contribution in [1.82, 2.24) is 15.5 Å². The molecule has 0 spiro atoms. The van der Waals surface area contributed by atoms with Crippen LogP contribution in [0.2, 0.25) is 0 Å². The van der Waals surface area contributed by atoms with Gasteiger partial charge in [-0.15, -0.1) is 10.2 Å². The number of aromatic nitrogens is 2. The molecule has 0 fully saturated rings. The van der Waals surface area contributed by atoms with E-state index in [4.69, 9.17) is 5.73 Å². The Kier molecular flexibility index (Phi) is 6.87. The van der Waals surface area contributed by atoms with Gasteiger partial charge in [-0.1, -0.05) is 65.2 Å². The second-order valence-electron chi connectivity index (χ2n) is 4.58. The molecular weight excluding hydrogens is 352 g/mol. The molecule has 0 bridgehead atoms. The van der Waals surface area contributed by atoms with Crippen molar-refractivity contribution in [2.45, 2.75) is 21.6 Å². The van der Waals surface area contributed by atoms with Crippen molar-refractivity contribution < 1.29 is 9.59 Å². The molecule has 1 aromatic heterocycles. The van der Waals surface area contributed by atoms with Crippen LogP contribution in [0.25, 0.3) is 0 Å². The van der Waals surface area contributed by atoms with Gasteiger partial charge in [0.1, 0.15) is 0 Å². The van der Waals surface area contributed by atoms with Crippen LogP contribution in [0.1, 0.15) is 18.5 Å². The van der Waals surface area contributed by atoms with Crippen molar-refractivity contribution in [1.29, 1.82) is 0 Å². The zero-order chi connectivity index (χ0) is 16.7. The Labute approximate surface area is 146 Å². The summed E-state index contributed by atoms with van der Waals surface area (Å²) >= 11 is 3.92. The topological polar surface area (TPSA) is 98.0 Å². The molecule has 0 aliphatic heterocycles. The predicted octanol–water partition coefficient (Wildman–Crippen LogP) is 2.08. The highest BCUT2D eigenvalue weighted by atomic mass is 32.2. The van der Waals surface area contributed by atoms with Crippen molar-refractivity contribution in [2.24, 2.45) is 5.73 Å². The lowest BCUT2D eigenvalue weighted by atomic mass is 10.1. The van der Waals surface area contributed by atoms with Crippen molar-refractivity contribution in [3.8, 4) is 0 Å². The first-order chi connectivity index (χ1) is 11.0. The van der Waals surface area contributed by atoms with Crippen LogP contribution in [-0.2, 0) is 9.59 Å². The number of amides is 2. The molecule has 3 N–H and O–H groups in total. The molecule has 0 saturated carbocycles. The number of rotatable bonds is 8. The molecule has 0 aliphatic rings. The molecular formula is C14H16N4O2S3. The third-order valence-corrected chi connectivity index (χ3v) is 5.94. The molecule has 2 rings (SSSR count). The second kappa shape index (κ2) is 8.90. The standard InChI is InChI=1S/C14H16N4O2S3/c1-9(10-5-3-2-4-6-10)16-12(20)8-22-14-18-17-13(23-14)21-7-11(15)19/h2-6,9H,7-8H2,1H3,(H2,15,19)(H,16,20)/t9-/m1/s1. The molecule has 9 heteroatoms. The van der Waals surface area contributed by atoms with Gasteiger partial charge < -0.3 is 11.1 Å². The molecule has 0 unspecified atom stereocenters. The minimum absolute atomic E-state index is 0.0413. The van der Waals surface area contributed by atoms with Gasteiger partial charge in [-0.2, -0.15) is 0 Å². The Morgan fingerprint density at radius 1 is 1.17 bits per heavy atom. The SMILES string of the molecule is C[C@@H](NC(=O)CSc1nnc(SCC(N)=O)s1)c1ccccc1. The van der Waals surface area contributed by atoms with E-state index in [1.165, 1.54) is 34.9 Å². The first-order valence-electron chi connectivity index (χ1n) is 6.76. The second-order valence-corrected chi connectivity index (χ2v) is 8.00. The minimum atomic E-state index is -0.395. The van der Waals surface area contributed by atoms with Crippen molar-refractivity contribution in [3.05, 3.63) is 35.9 Å². The first kappa shape index (κ1) is 17.8. The summed E-state index contributed by atoms with van der Waals surface area (Å²) in [5.41, 5.74) is 6.14. The van der Waals surface area contributed by atoms with Crippen LogP contribution in [0.5, 0.6) is 0 Å². The molecule has 1 heterocycles. The zero-order valence-corrected chi connectivity index (χ0v) is 14.8. The van der Waals surface area contributed by atoms with Crippen LogP contribution in [-0.4, -0.2) is 33.5 Å². The van der Waals surface area contributed by atoms with Crippen molar-refractivity contribution >= 4 is 46.7 Å². The smallest absolute Gasteiger partial charge is 0.230 e. The minimum Gasteiger partial charge on any atom is -0.369 e. The molecule has 2 amide bonds. The average molecular weight is 369 g/mol. The number of nitrogens with zero attached hydrogens (tertiary/aromatic N) is 2. The van der Waals surface area contributed by atoms with Crippen molar-refractivity contribution in [3.63, 3.8) is 0 Å². The molecule has 1 aromatic carbocycles. The van der Waals surface area contributed by atoms with E-state index >= 15 is 0 Å². The fourth-order valence-corrected chi connectivity index (χ4v) is 4.25. The summed E-state index contributed by atoms with van der Waals surface area (Å²) in [5.74, 6) is -0.0118. The van der Waals surface area contributed by atoms with Gasteiger partial charge in [-0.05, 0) is 12.5 Å². The van der Waals surface area contributed by atoms with E-state index in [0.29, 0.717) is 8.68 Å². The van der Waals surface area contributed by atoms with E-state index in [2.05, 4.69) is 15.5 Å². The molecule has 0 aliphatic carbocycles. The normalized spacial score (nSPS) is 11.9. The largest absolute Gasteiger partial charge is 0.369 e. The van der Waals surface area contributed by atoms with Gasteiger partial charge in [0.25, 0.3) is 0 Å². The van der Waals surface area contributed by atoms with Gasteiger partial charge >= 0.3 is 0 Å². The van der Waals surface area contributed by atoms with Gasteiger partial charge in [-0.3, -0.25) is 9.59 Å². The zero-order valence-electron chi connectivity index (χ0n) is 12.4. The number of thioether (sulfide) groups is 2. The number of hydrogen-bond donors (Lipinski definition) is 2. The van der Waals surface area contributed by atoms with E-state index in [1.54, 1.807) is 0 Å². The molecule has 0 saturated heterocycles. The monoisotopic (exact) mass is 368 g/mol. The fraction of sp³-hybridized carbons (Fsp3) is 0.286. The summed E-state index contributed by atoms with van der Waals surface area (Å²) in [7, 11) is 0. The van der Waals surface area contributed by atoms with Crippen molar-refractivity contribution in [2.75, 3.05) is 11.5 Å². The number of benzene rings is 1. The average Bonchev–Trinajstić information content (AvgIpc) is 3.00. The van der Waals surface area contributed by atoms with Crippen LogP contribution in [0, 0.1) is 0 Å². The summed E-state index contributed by atoms with van der Waals surface area (Å²) in [5, 5.41) is 10.9. The third kappa shape index (κ3) is 6.20. The molecule has 0 radical (unpaired) electrons. The van der Waals surface area contributed by atoms with E-state index in [1.807, 2.05) is 37.3 Å². The summed E-state index contributed by atoms with van der Waals surface area (Å²) in [6.07, 6.45) is 0. The summed E-state index contributed by atoms with van der Waals surface area (Å²) < 4.78 is 1.36. The Morgan fingerprint density at radius 2 is 1.78 bits per heavy atom. The predicted molar refractivity (Wildman–Crippen MR) is 93.6 cm³/mol. The maximum absolute atomic E-state index is 12.0. The highest BCUT2D eigenvalue weighted by Gasteiger charge is 2.12. The van der Waals surface area contributed by atoms with Crippen LogP contribution >= 0.6 is 34.9 Å². The van der Waals surface area contributed by atoms with E-state index < -0.39 is 5.91 Å². The molecule has 122 valence electrons. The summed E-state index contributed by atoms with van der Waals surface area (Å²) in [6.45, 7) is 1.95. The van der Waals surface area contributed by atoms with Crippen LogP contribution in [0.4, 0.5) is 0 Å². The number of carbonyl (C=O) groups excluding carboxylic acids is 2. The number of carbonyl (C=O) groups is 2. The maximum Gasteiger partial charge on any atom is 0.230 e. The molecule has 23 heavy (non-hydrogen) atoms. The summed E-state index contributed by atoms with van der Waals surface area (Å²) in [4.78, 5) is 22.7. The number of hydrogen-bond acceptors (Lipinski definition) is 7. The number of nitrogens with one attached hydrogen (secondary N) is 1. The van der Waals surface area contributed by atoms with E-state index in [0.717, 1.165) is 5.56 Å². The van der Waals surface area contributed by atoms with E-state index in [9.17, 15) is 9.59 Å². The van der Waals surface area contributed by atoms with Gasteiger partial charge in [0.05, 0.1) is 17.5 Å². The summed E-state index contributed by atoms with van der Waals surface area (Å²) in [6, 6.07) is 9.74. The fourth-order valence-electron chi connectivity index (χ4n) is 1.68. The Morgan fingerprint density at radius 3 is 2.39 bits per heavy atom. The van der Waals surface area contributed by atoms with Gasteiger partial charge in [0, 0.05) is 0 Å². The quantitative estimate of drug-likeness (QED) is 0.692. The lowest BCUT2D eigenvalue weighted by Gasteiger charge is -2.13.